The molecule has 0 heterocycles. The zero-order valence-electron chi connectivity index (χ0n) is 34.1. The standard InChI is InChI=1S/C39H77NO15/c1-2-3-4-5-6-7-8-9-14-44-16-18-46-20-22-48-24-26-50-28-30-52-32-34-54-36-37-55-35-33-53-31-29-51-27-25-49-23-21-47-19-17-45-15-10-13-40-38(41)11-12-39(42)43/h2-37H2,1H3,(H,40,41)(H,42,43). The van der Waals surface area contributed by atoms with Crippen LogP contribution in [0.15, 0.2) is 0 Å². The molecule has 0 aromatic heterocycles. The first kappa shape index (κ1) is 53.5. The molecule has 0 aromatic rings. The van der Waals surface area contributed by atoms with E-state index in [0.717, 1.165) is 13.0 Å². The number of carboxylic acids is 1. The number of carboxylic acid groups (broad SMARTS) is 1. The summed E-state index contributed by atoms with van der Waals surface area (Å²) in [4.78, 5) is 21.8. The van der Waals surface area contributed by atoms with Gasteiger partial charge in [-0.3, -0.25) is 9.59 Å². The third kappa shape index (κ3) is 50.4. The minimum Gasteiger partial charge on any atom is -0.481 e. The summed E-state index contributed by atoms with van der Waals surface area (Å²) in [6, 6.07) is 0. The topological polar surface area (TPSA) is 177 Å². The van der Waals surface area contributed by atoms with Crippen LogP contribution in [0.3, 0.4) is 0 Å². The molecule has 0 aliphatic carbocycles. The highest BCUT2D eigenvalue weighted by Crippen LogP contribution is 2.08. The van der Waals surface area contributed by atoms with Gasteiger partial charge >= 0.3 is 5.97 Å². The number of unbranched alkanes of at least 4 members (excludes halogenated alkanes) is 7. The van der Waals surface area contributed by atoms with Crippen molar-refractivity contribution >= 4 is 11.9 Å². The van der Waals surface area contributed by atoms with Gasteiger partial charge in [-0.05, 0) is 12.8 Å². The molecule has 0 rings (SSSR count). The molecule has 2 N–H and O–H groups in total. The van der Waals surface area contributed by atoms with Crippen molar-refractivity contribution < 1.29 is 71.5 Å². The minimum atomic E-state index is -0.982. The van der Waals surface area contributed by atoms with Crippen molar-refractivity contribution in [3.63, 3.8) is 0 Å². The average Bonchev–Trinajstić information content (AvgIpc) is 3.18. The predicted octanol–water partition coefficient (Wildman–Crippen LogP) is 3.70. The number of carbonyl (C=O) groups excluding carboxylic acids is 1. The summed E-state index contributed by atoms with van der Waals surface area (Å²) in [6.07, 6.45) is 11.0. The highest BCUT2D eigenvalue weighted by Gasteiger charge is 2.04. The molecule has 0 bridgehead atoms. The van der Waals surface area contributed by atoms with E-state index in [9.17, 15) is 9.59 Å². The summed E-state index contributed by atoms with van der Waals surface area (Å²) >= 11 is 0. The van der Waals surface area contributed by atoms with Crippen LogP contribution in [0.25, 0.3) is 0 Å². The third-order valence-electron chi connectivity index (χ3n) is 7.59. The van der Waals surface area contributed by atoms with Gasteiger partial charge in [0.1, 0.15) is 0 Å². The molecule has 0 saturated carbocycles. The average molecular weight is 800 g/mol. The minimum absolute atomic E-state index is 0.0100. The van der Waals surface area contributed by atoms with Gasteiger partial charge in [-0.2, -0.15) is 0 Å². The number of amides is 1. The Labute approximate surface area is 331 Å². The van der Waals surface area contributed by atoms with Crippen LogP contribution in [0.4, 0.5) is 0 Å². The van der Waals surface area contributed by atoms with Gasteiger partial charge in [0.15, 0.2) is 0 Å². The van der Waals surface area contributed by atoms with Crippen LogP contribution < -0.4 is 5.32 Å². The van der Waals surface area contributed by atoms with Crippen LogP contribution in [0.2, 0.25) is 0 Å². The lowest BCUT2D eigenvalue weighted by Crippen LogP contribution is -2.25. The highest BCUT2D eigenvalue weighted by molar-refractivity contribution is 5.80. The van der Waals surface area contributed by atoms with Crippen molar-refractivity contribution in [1.29, 1.82) is 0 Å². The van der Waals surface area contributed by atoms with Crippen LogP contribution in [-0.4, -0.2) is 182 Å². The summed E-state index contributed by atoms with van der Waals surface area (Å²) < 4.78 is 65.9. The van der Waals surface area contributed by atoms with Crippen LogP contribution in [0.5, 0.6) is 0 Å². The van der Waals surface area contributed by atoms with Crippen LogP contribution in [0, 0.1) is 0 Å². The Bertz CT molecular complexity index is 769. The number of hydrogen-bond acceptors (Lipinski definition) is 14. The van der Waals surface area contributed by atoms with Gasteiger partial charge in [-0.15, -0.1) is 0 Å². The van der Waals surface area contributed by atoms with E-state index in [0.29, 0.717) is 165 Å². The Morgan fingerprint density at radius 2 is 0.600 bits per heavy atom. The van der Waals surface area contributed by atoms with E-state index in [-0.39, 0.29) is 18.7 Å². The maximum Gasteiger partial charge on any atom is 0.303 e. The largest absolute Gasteiger partial charge is 0.481 e. The normalized spacial score (nSPS) is 11.4. The van der Waals surface area contributed by atoms with Gasteiger partial charge in [0.2, 0.25) is 5.91 Å². The molecule has 1 amide bonds. The Hall–Kier alpha value is -1.54. The van der Waals surface area contributed by atoms with E-state index in [2.05, 4.69) is 12.2 Å². The summed E-state index contributed by atoms with van der Waals surface area (Å²) in [5.41, 5.74) is 0. The van der Waals surface area contributed by atoms with Gasteiger partial charge in [-0.25, -0.2) is 0 Å². The molecule has 0 aliphatic heterocycles. The van der Waals surface area contributed by atoms with Crippen molar-refractivity contribution in [2.24, 2.45) is 0 Å². The molecule has 0 aromatic carbocycles. The van der Waals surface area contributed by atoms with E-state index in [4.69, 9.17) is 61.9 Å². The summed E-state index contributed by atoms with van der Waals surface area (Å²) in [5, 5.41) is 11.2. The Kier molecular flexibility index (Phi) is 47.2. The molecule has 0 atom stereocenters. The molecule has 0 fully saturated rings. The fourth-order valence-corrected chi connectivity index (χ4v) is 4.57. The second-order valence-electron chi connectivity index (χ2n) is 12.4. The molecule has 0 aliphatic rings. The fraction of sp³-hybridized carbons (Fsp3) is 0.949. The zero-order chi connectivity index (χ0) is 39.8. The molecule has 0 radical (unpaired) electrons. The van der Waals surface area contributed by atoms with E-state index >= 15 is 0 Å². The molecule has 55 heavy (non-hydrogen) atoms. The van der Waals surface area contributed by atoms with Gasteiger partial charge in [-0.1, -0.05) is 51.9 Å². The maximum absolute atomic E-state index is 11.4. The van der Waals surface area contributed by atoms with Crippen LogP contribution in [0.1, 0.15) is 77.6 Å². The van der Waals surface area contributed by atoms with E-state index in [1.807, 2.05) is 0 Å². The lowest BCUT2D eigenvalue weighted by molar-refractivity contribution is -0.138. The number of carbonyl (C=O) groups is 2. The molecule has 328 valence electrons. The molecule has 16 nitrogen and oxygen atoms in total. The van der Waals surface area contributed by atoms with Crippen molar-refractivity contribution in [2.75, 3.05) is 165 Å². The van der Waals surface area contributed by atoms with Crippen molar-refractivity contribution in [3.05, 3.63) is 0 Å². The first-order valence-electron chi connectivity index (χ1n) is 20.6. The second-order valence-corrected chi connectivity index (χ2v) is 12.4. The smallest absolute Gasteiger partial charge is 0.303 e. The summed E-state index contributed by atoms with van der Waals surface area (Å²) in [7, 11) is 0. The first-order chi connectivity index (χ1) is 27.2. The van der Waals surface area contributed by atoms with Gasteiger partial charge in [0.05, 0.1) is 152 Å². The predicted molar refractivity (Wildman–Crippen MR) is 207 cm³/mol. The Balaban J connectivity index is 3.08. The van der Waals surface area contributed by atoms with E-state index in [1.165, 1.54) is 44.9 Å². The number of nitrogens with one attached hydrogen (secondary N) is 1. The number of ether oxygens (including phenoxy) is 12. The Morgan fingerprint density at radius 1 is 0.345 bits per heavy atom. The zero-order valence-corrected chi connectivity index (χ0v) is 34.1. The van der Waals surface area contributed by atoms with Crippen LogP contribution in [-0.2, 0) is 66.4 Å². The van der Waals surface area contributed by atoms with Gasteiger partial charge in [0.25, 0.3) is 0 Å². The second kappa shape index (κ2) is 48.6. The molecular formula is C39H77NO15. The van der Waals surface area contributed by atoms with Gasteiger partial charge < -0.3 is 67.3 Å². The first-order valence-corrected chi connectivity index (χ1v) is 20.6. The molecule has 16 heteroatoms. The summed E-state index contributed by atoms with van der Waals surface area (Å²) in [5.74, 6) is -1.25. The lowest BCUT2D eigenvalue weighted by Gasteiger charge is -2.09. The SMILES string of the molecule is CCCCCCCCCCOCCOCCOCCOCCOCCOCCOCCOCCOCCOCCOCCOCCCNC(=O)CCC(=O)O. The molecular weight excluding hydrogens is 722 g/mol. The number of rotatable bonds is 49. The van der Waals surface area contributed by atoms with Crippen LogP contribution >= 0.6 is 0 Å². The number of hydrogen-bond donors (Lipinski definition) is 2. The van der Waals surface area contributed by atoms with Crippen molar-refractivity contribution in [1.82, 2.24) is 5.32 Å². The fourth-order valence-electron chi connectivity index (χ4n) is 4.57. The summed E-state index contributed by atoms with van der Waals surface area (Å²) in [6.45, 7) is 15.2. The quantitative estimate of drug-likeness (QED) is 0.0852. The maximum atomic E-state index is 11.4. The lowest BCUT2D eigenvalue weighted by atomic mass is 10.1. The number of aliphatic carboxylic acids is 1. The van der Waals surface area contributed by atoms with Crippen molar-refractivity contribution in [3.8, 4) is 0 Å². The van der Waals surface area contributed by atoms with Crippen molar-refractivity contribution in [2.45, 2.75) is 77.6 Å². The Morgan fingerprint density at radius 3 is 0.891 bits per heavy atom. The molecule has 0 saturated heterocycles. The van der Waals surface area contributed by atoms with Gasteiger partial charge in [0, 0.05) is 26.2 Å². The van der Waals surface area contributed by atoms with E-state index < -0.39 is 5.97 Å². The monoisotopic (exact) mass is 800 g/mol. The van der Waals surface area contributed by atoms with E-state index in [1.54, 1.807) is 0 Å². The molecule has 0 spiro atoms. The highest BCUT2D eigenvalue weighted by atomic mass is 16.6. The third-order valence-corrected chi connectivity index (χ3v) is 7.59. The molecule has 0 unspecified atom stereocenters.